The Kier molecular flexibility index (Phi) is 2.87. The van der Waals surface area contributed by atoms with Crippen LogP contribution in [-0.2, 0) is 0 Å². The molecular formula is C8H17NO2. The summed E-state index contributed by atoms with van der Waals surface area (Å²) in [4.78, 5) is 2.07. The molecule has 66 valence electrons. The Hall–Kier alpha value is -0.120. The molecule has 0 radical (unpaired) electrons. The van der Waals surface area contributed by atoms with Gasteiger partial charge in [-0.2, -0.15) is 0 Å². The van der Waals surface area contributed by atoms with E-state index >= 15 is 0 Å². The van der Waals surface area contributed by atoms with Gasteiger partial charge in [-0.25, -0.2) is 0 Å². The van der Waals surface area contributed by atoms with Crippen molar-refractivity contribution in [1.29, 1.82) is 0 Å². The predicted octanol–water partition coefficient (Wildman–Crippen LogP) is -0.175. The minimum atomic E-state index is 0.00271. The third-order valence-corrected chi connectivity index (χ3v) is 2.82. The highest BCUT2D eigenvalue weighted by molar-refractivity contribution is 4.96. The van der Waals surface area contributed by atoms with Crippen molar-refractivity contribution >= 4 is 0 Å². The average molecular weight is 159 g/mol. The number of hydrogen-bond donors (Lipinski definition) is 2. The Morgan fingerprint density at radius 2 is 2.00 bits per heavy atom. The van der Waals surface area contributed by atoms with Crippen molar-refractivity contribution in [2.45, 2.75) is 24.8 Å². The Balaban J connectivity index is 2.40. The van der Waals surface area contributed by atoms with Gasteiger partial charge in [0, 0.05) is 12.1 Å². The zero-order chi connectivity index (χ0) is 8.32. The van der Waals surface area contributed by atoms with Crippen LogP contribution in [0, 0.1) is 0 Å². The second-order valence-corrected chi connectivity index (χ2v) is 3.38. The van der Waals surface area contributed by atoms with E-state index in [9.17, 15) is 0 Å². The van der Waals surface area contributed by atoms with Crippen LogP contribution in [0.1, 0.15) is 19.3 Å². The minimum Gasteiger partial charge on any atom is -0.395 e. The van der Waals surface area contributed by atoms with Crippen molar-refractivity contribution in [2.24, 2.45) is 0 Å². The summed E-state index contributed by atoms with van der Waals surface area (Å²) in [7, 11) is 1.96. The fourth-order valence-electron chi connectivity index (χ4n) is 1.63. The van der Waals surface area contributed by atoms with Crippen LogP contribution in [0.15, 0.2) is 0 Å². The first-order chi connectivity index (χ1) is 5.25. The van der Waals surface area contributed by atoms with Gasteiger partial charge in [-0.3, -0.25) is 4.90 Å². The van der Waals surface area contributed by atoms with Crippen LogP contribution in [-0.4, -0.2) is 47.5 Å². The molecule has 0 aromatic heterocycles. The quantitative estimate of drug-likeness (QED) is 0.598. The van der Waals surface area contributed by atoms with Crippen molar-refractivity contribution < 1.29 is 10.2 Å². The van der Waals surface area contributed by atoms with E-state index in [1.54, 1.807) is 0 Å². The number of β-amino-alcohol motifs (C(OH)–C–C–N with tert-alkyl or cyclic N) is 1. The lowest BCUT2D eigenvalue weighted by molar-refractivity contribution is -0.0197. The molecule has 11 heavy (non-hydrogen) atoms. The number of rotatable bonds is 4. The van der Waals surface area contributed by atoms with Gasteiger partial charge >= 0.3 is 0 Å². The Bertz CT molecular complexity index is 118. The van der Waals surface area contributed by atoms with Gasteiger partial charge in [-0.05, 0) is 26.3 Å². The van der Waals surface area contributed by atoms with E-state index in [0.29, 0.717) is 6.54 Å². The van der Waals surface area contributed by atoms with Crippen LogP contribution in [0.25, 0.3) is 0 Å². The SMILES string of the molecule is CN(CCO)C1(CO)CCC1. The van der Waals surface area contributed by atoms with Gasteiger partial charge in [0.15, 0.2) is 0 Å². The van der Waals surface area contributed by atoms with Crippen molar-refractivity contribution in [1.82, 2.24) is 4.90 Å². The van der Waals surface area contributed by atoms with Crippen LogP contribution in [0.5, 0.6) is 0 Å². The topological polar surface area (TPSA) is 43.7 Å². The molecule has 0 spiro atoms. The maximum absolute atomic E-state index is 9.11. The van der Waals surface area contributed by atoms with Crippen molar-refractivity contribution in [3.05, 3.63) is 0 Å². The largest absolute Gasteiger partial charge is 0.395 e. The molecule has 0 atom stereocenters. The molecule has 1 rings (SSSR count). The van der Waals surface area contributed by atoms with E-state index in [4.69, 9.17) is 10.2 Å². The molecule has 0 heterocycles. The molecule has 1 saturated carbocycles. The number of hydrogen-bond acceptors (Lipinski definition) is 3. The summed E-state index contributed by atoms with van der Waals surface area (Å²) in [6.45, 7) is 1.07. The second-order valence-electron chi connectivity index (χ2n) is 3.38. The maximum atomic E-state index is 9.11. The molecule has 0 unspecified atom stereocenters. The smallest absolute Gasteiger partial charge is 0.0615 e. The summed E-state index contributed by atoms with van der Waals surface area (Å²) < 4.78 is 0. The summed E-state index contributed by atoms with van der Waals surface area (Å²) in [5.74, 6) is 0. The molecule has 1 aliphatic carbocycles. The van der Waals surface area contributed by atoms with Crippen LogP contribution in [0.2, 0.25) is 0 Å². The molecule has 3 heteroatoms. The highest BCUT2D eigenvalue weighted by Crippen LogP contribution is 2.35. The fourth-order valence-corrected chi connectivity index (χ4v) is 1.63. The van der Waals surface area contributed by atoms with E-state index in [2.05, 4.69) is 4.90 Å². The fraction of sp³-hybridized carbons (Fsp3) is 1.00. The Labute approximate surface area is 67.6 Å². The number of aliphatic hydroxyl groups excluding tert-OH is 2. The summed E-state index contributed by atoms with van der Waals surface area (Å²) in [5, 5.41) is 17.8. The van der Waals surface area contributed by atoms with Gasteiger partial charge in [0.1, 0.15) is 0 Å². The summed E-state index contributed by atoms with van der Waals surface area (Å²) in [6, 6.07) is 0. The van der Waals surface area contributed by atoms with Gasteiger partial charge in [-0.15, -0.1) is 0 Å². The van der Waals surface area contributed by atoms with Gasteiger partial charge < -0.3 is 10.2 Å². The average Bonchev–Trinajstić information content (AvgIpc) is 1.87. The lowest BCUT2D eigenvalue weighted by Gasteiger charge is -2.47. The maximum Gasteiger partial charge on any atom is 0.0615 e. The molecule has 0 aromatic rings. The highest BCUT2D eigenvalue weighted by atomic mass is 16.3. The van der Waals surface area contributed by atoms with Crippen LogP contribution < -0.4 is 0 Å². The van der Waals surface area contributed by atoms with Crippen molar-refractivity contribution in [2.75, 3.05) is 26.8 Å². The van der Waals surface area contributed by atoms with Gasteiger partial charge in [0.25, 0.3) is 0 Å². The van der Waals surface area contributed by atoms with Crippen molar-refractivity contribution in [3.8, 4) is 0 Å². The number of aliphatic hydroxyl groups is 2. The summed E-state index contributed by atoms with van der Waals surface area (Å²) in [5.41, 5.74) is 0.00271. The zero-order valence-electron chi connectivity index (χ0n) is 7.08. The Morgan fingerprint density at radius 1 is 1.36 bits per heavy atom. The molecule has 0 saturated heterocycles. The van der Waals surface area contributed by atoms with Crippen LogP contribution in [0.4, 0.5) is 0 Å². The molecule has 1 fully saturated rings. The molecule has 0 aliphatic heterocycles. The van der Waals surface area contributed by atoms with E-state index in [0.717, 1.165) is 12.8 Å². The number of nitrogens with zero attached hydrogens (tertiary/aromatic N) is 1. The van der Waals surface area contributed by atoms with Crippen molar-refractivity contribution in [3.63, 3.8) is 0 Å². The third-order valence-electron chi connectivity index (χ3n) is 2.82. The first-order valence-electron chi connectivity index (χ1n) is 4.18. The van der Waals surface area contributed by atoms with E-state index in [-0.39, 0.29) is 18.8 Å². The highest BCUT2D eigenvalue weighted by Gasteiger charge is 2.39. The van der Waals surface area contributed by atoms with E-state index in [1.165, 1.54) is 6.42 Å². The molecule has 2 N–H and O–H groups in total. The normalized spacial score (nSPS) is 21.8. The molecular weight excluding hydrogens is 142 g/mol. The molecule has 0 bridgehead atoms. The first kappa shape index (κ1) is 8.97. The summed E-state index contributed by atoms with van der Waals surface area (Å²) >= 11 is 0. The van der Waals surface area contributed by atoms with Gasteiger partial charge in [-0.1, -0.05) is 0 Å². The number of likely N-dealkylation sites (N-methyl/N-ethyl adjacent to an activating group) is 1. The monoisotopic (exact) mass is 159 g/mol. The molecule has 1 aliphatic rings. The minimum absolute atomic E-state index is 0.00271. The van der Waals surface area contributed by atoms with Gasteiger partial charge in [0.05, 0.1) is 13.2 Å². The lowest BCUT2D eigenvalue weighted by atomic mass is 9.76. The van der Waals surface area contributed by atoms with Crippen LogP contribution in [0.3, 0.4) is 0 Å². The lowest BCUT2D eigenvalue weighted by Crippen LogP contribution is -2.55. The molecule has 3 nitrogen and oxygen atoms in total. The predicted molar refractivity (Wildman–Crippen MR) is 43.4 cm³/mol. The Morgan fingerprint density at radius 3 is 2.27 bits per heavy atom. The van der Waals surface area contributed by atoms with E-state index < -0.39 is 0 Å². The molecule has 0 aromatic carbocycles. The molecule has 0 amide bonds. The summed E-state index contributed by atoms with van der Waals surface area (Å²) in [6.07, 6.45) is 3.34. The first-order valence-corrected chi connectivity index (χ1v) is 4.18. The zero-order valence-corrected chi connectivity index (χ0v) is 7.08. The third kappa shape index (κ3) is 1.55. The second kappa shape index (κ2) is 3.52. The van der Waals surface area contributed by atoms with Gasteiger partial charge in [0.2, 0.25) is 0 Å². The standard InChI is InChI=1S/C8H17NO2/c1-9(5-6-10)8(7-11)3-2-4-8/h10-11H,2-7H2,1H3. The van der Waals surface area contributed by atoms with E-state index in [1.807, 2.05) is 7.05 Å². The van der Waals surface area contributed by atoms with Crippen LogP contribution >= 0.6 is 0 Å².